The molecule has 0 aliphatic carbocycles. The standard InChI is InChI=1S/C20H20F2N2O/c1-13(20(25)23-2)24-12-15(17-11-16(21)8-9-18(17)22)10-19(24)14-6-4-3-5-7-14/h3-11,13,19H,12H2,1-2H3,(H,23,25)/t13?,19-/m0/s1. The van der Waals surface area contributed by atoms with Crippen LogP contribution in [0, 0.1) is 11.6 Å². The predicted molar refractivity (Wildman–Crippen MR) is 93.8 cm³/mol. The Bertz CT molecular complexity index is 805. The minimum Gasteiger partial charge on any atom is -0.358 e. The maximum absolute atomic E-state index is 14.2. The molecule has 2 aromatic rings. The second-order valence-corrected chi connectivity index (χ2v) is 6.13. The Balaban J connectivity index is 2.01. The number of rotatable bonds is 4. The topological polar surface area (TPSA) is 32.3 Å². The number of carbonyl (C=O) groups excluding carboxylic acids is 1. The highest BCUT2D eigenvalue weighted by molar-refractivity contribution is 5.82. The van der Waals surface area contributed by atoms with Crippen LogP contribution < -0.4 is 5.32 Å². The molecule has 5 heteroatoms. The first kappa shape index (κ1) is 17.3. The monoisotopic (exact) mass is 342 g/mol. The normalized spacial score (nSPS) is 18.7. The Morgan fingerprint density at radius 3 is 2.60 bits per heavy atom. The van der Waals surface area contributed by atoms with E-state index in [-0.39, 0.29) is 17.5 Å². The van der Waals surface area contributed by atoms with E-state index in [4.69, 9.17) is 0 Å². The lowest BCUT2D eigenvalue weighted by Crippen LogP contribution is -2.44. The van der Waals surface area contributed by atoms with E-state index in [1.807, 2.05) is 48.2 Å². The molecule has 0 aromatic heterocycles. The van der Waals surface area contributed by atoms with Crippen LogP contribution >= 0.6 is 0 Å². The number of nitrogens with one attached hydrogen (secondary N) is 1. The molecule has 1 aliphatic rings. The van der Waals surface area contributed by atoms with Crippen molar-refractivity contribution in [2.24, 2.45) is 0 Å². The minimum absolute atomic E-state index is 0.115. The second-order valence-electron chi connectivity index (χ2n) is 6.13. The predicted octanol–water partition coefficient (Wildman–Crippen LogP) is 3.54. The van der Waals surface area contributed by atoms with Gasteiger partial charge in [0.1, 0.15) is 11.6 Å². The van der Waals surface area contributed by atoms with Crippen LogP contribution in [0.2, 0.25) is 0 Å². The van der Waals surface area contributed by atoms with Crippen molar-refractivity contribution in [2.45, 2.75) is 19.0 Å². The van der Waals surface area contributed by atoms with Gasteiger partial charge in [-0.05, 0) is 36.3 Å². The summed E-state index contributed by atoms with van der Waals surface area (Å²) in [6.45, 7) is 2.18. The molecule has 1 N–H and O–H groups in total. The molecule has 0 saturated carbocycles. The summed E-state index contributed by atoms with van der Waals surface area (Å²) in [5.74, 6) is -1.06. The summed E-state index contributed by atoms with van der Waals surface area (Å²) in [5, 5.41) is 2.65. The number of carbonyl (C=O) groups is 1. The molecule has 0 bridgehead atoms. The van der Waals surface area contributed by atoms with Crippen LogP contribution in [-0.4, -0.2) is 30.4 Å². The zero-order valence-corrected chi connectivity index (χ0v) is 14.2. The Labute approximate surface area is 146 Å². The van der Waals surface area contributed by atoms with Crippen molar-refractivity contribution in [1.29, 1.82) is 0 Å². The van der Waals surface area contributed by atoms with Crippen molar-refractivity contribution < 1.29 is 13.6 Å². The number of benzene rings is 2. The van der Waals surface area contributed by atoms with Crippen molar-refractivity contribution in [3.63, 3.8) is 0 Å². The van der Waals surface area contributed by atoms with Gasteiger partial charge in [-0.15, -0.1) is 0 Å². The maximum Gasteiger partial charge on any atom is 0.236 e. The number of likely N-dealkylation sites (N-methyl/N-ethyl adjacent to an activating group) is 1. The minimum atomic E-state index is -0.480. The Kier molecular flexibility index (Phi) is 4.95. The van der Waals surface area contributed by atoms with E-state index in [0.29, 0.717) is 12.1 Å². The molecular formula is C20H20F2N2O. The Hall–Kier alpha value is -2.53. The first-order valence-corrected chi connectivity index (χ1v) is 8.19. The maximum atomic E-state index is 14.2. The van der Waals surface area contributed by atoms with E-state index < -0.39 is 17.7 Å². The van der Waals surface area contributed by atoms with Crippen LogP contribution in [0.4, 0.5) is 8.78 Å². The summed E-state index contributed by atoms with van der Waals surface area (Å²) < 4.78 is 27.8. The van der Waals surface area contributed by atoms with Gasteiger partial charge in [0.05, 0.1) is 12.1 Å². The summed E-state index contributed by atoms with van der Waals surface area (Å²) in [7, 11) is 1.59. The van der Waals surface area contributed by atoms with Crippen LogP contribution in [0.5, 0.6) is 0 Å². The van der Waals surface area contributed by atoms with Gasteiger partial charge in [0.15, 0.2) is 0 Å². The van der Waals surface area contributed by atoms with Crippen LogP contribution in [0.1, 0.15) is 24.1 Å². The third kappa shape index (κ3) is 3.46. The van der Waals surface area contributed by atoms with Crippen molar-refractivity contribution in [1.82, 2.24) is 10.2 Å². The summed E-state index contributed by atoms with van der Waals surface area (Å²) >= 11 is 0. The number of halogens is 2. The van der Waals surface area contributed by atoms with Gasteiger partial charge in [-0.25, -0.2) is 8.78 Å². The summed E-state index contributed by atoms with van der Waals surface area (Å²) in [6.07, 6.45) is 1.91. The highest BCUT2D eigenvalue weighted by atomic mass is 19.1. The number of hydrogen-bond acceptors (Lipinski definition) is 2. The van der Waals surface area contributed by atoms with Crippen LogP contribution in [0.25, 0.3) is 5.57 Å². The van der Waals surface area contributed by atoms with Crippen molar-refractivity contribution >= 4 is 11.5 Å². The summed E-state index contributed by atoms with van der Waals surface area (Å²) in [4.78, 5) is 14.1. The molecular weight excluding hydrogens is 322 g/mol. The molecule has 0 radical (unpaired) electrons. The van der Waals surface area contributed by atoms with E-state index in [9.17, 15) is 13.6 Å². The average molecular weight is 342 g/mol. The molecule has 3 rings (SSSR count). The van der Waals surface area contributed by atoms with E-state index in [2.05, 4.69) is 5.32 Å². The smallest absolute Gasteiger partial charge is 0.236 e. The van der Waals surface area contributed by atoms with E-state index in [0.717, 1.165) is 17.7 Å². The first-order valence-electron chi connectivity index (χ1n) is 8.19. The molecule has 1 heterocycles. The molecule has 2 atom stereocenters. The van der Waals surface area contributed by atoms with Crippen molar-refractivity contribution in [3.05, 3.63) is 77.4 Å². The molecule has 3 nitrogen and oxygen atoms in total. The van der Waals surface area contributed by atoms with E-state index in [1.165, 1.54) is 6.07 Å². The second kappa shape index (κ2) is 7.15. The van der Waals surface area contributed by atoms with Gasteiger partial charge < -0.3 is 5.32 Å². The third-order valence-electron chi connectivity index (χ3n) is 4.61. The molecule has 25 heavy (non-hydrogen) atoms. The summed E-state index contributed by atoms with van der Waals surface area (Å²) in [6, 6.07) is 12.6. The molecule has 1 aliphatic heterocycles. The van der Waals surface area contributed by atoms with Crippen LogP contribution in [0.3, 0.4) is 0 Å². The SMILES string of the molecule is CNC(=O)C(C)N1CC(c2cc(F)ccc2F)=C[C@H]1c1ccccc1. The van der Waals surface area contributed by atoms with Crippen LogP contribution in [-0.2, 0) is 4.79 Å². The molecule has 0 saturated heterocycles. The zero-order valence-electron chi connectivity index (χ0n) is 14.2. The van der Waals surface area contributed by atoms with E-state index >= 15 is 0 Å². The quantitative estimate of drug-likeness (QED) is 0.922. The molecule has 2 aromatic carbocycles. The van der Waals surface area contributed by atoms with Gasteiger partial charge in [-0.2, -0.15) is 0 Å². The molecule has 1 amide bonds. The summed E-state index contributed by atoms with van der Waals surface area (Å²) in [5.41, 5.74) is 1.93. The molecule has 0 spiro atoms. The number of nitrogens with zero attached hydrogens (tertiary/aromatic N) is 1. The highest BCUT2D eigenvalue weighted by Gasteiger charge is 2.33. The van der Waals surface area contributed by atoms with Gasteiger partial charge >= 0.3 is 0 Å². The third-order valence-corrected chi connectivity index (χ3v) is 4.61. The van der Waals surface area contributed by atoms with Gasteiger partial charge in [0.25, 0.3) is 0 Å². The van der Waals surface area contributed by atoms with Gasteiger partial charge in [0.2, 0.25) is 5.91 Å². The molecule has 0 fully saturated rings. The lowest BCUT2D eigenvalue weighted by molar-refractivity contribution is -0.125. The lowest BCUT2D eigenvalue weighted by atomic mass is 10.0. The fourth-order valence-corrected chi connectivity index (χ4v) is 3.23. The van der Waals surface area contributed by atoms with Crippen molar-refractivity contribution in [3.8, 4) is 0 Å². The first-order chi connectivity index (χ1) is 12.0. The van der Waals surface area contributed by atoms with Gasteiger partial charge in [0, 0.05) is 19.2 Å². The lowest BCUT2D eigenvalue weighted by Gasteiger charge is -2.30. The molecule has 130 valence electrons. The van der Waals surface area contributed by atoms with Gasteiger partial charge in [-0.1, -0.05) is 36.4 Å². The number of hydrogen-bond donors (Lipinski definition) is 1. The van der Waals surface area contributed by atoms with Crippen LogP contribution in [0.15, 0.2) is 54.6 Å². The Morgan fingerprint density at radius 1 is 1.20 bits per heavy atom. The largest absolute Gasteiger partial charge is 0.358 e. The van der Waals surface area contributed by atoms with Crippen molar-refractivity contribution in [2.75, 3.05) is 13.6 Å². The van der Waals surface area contributed by atoms with E-state index in [1.54, 1.807) is 7.05 Å². The number of amides is 1. The molecule has 1 unspecified atom stereocenters. The fourth-order valence-electron chi connectivity index (χ4n) is 3.23. The highest BCUT2D eigenvalue weighted by Crippen LogP contribution is 2.36. The zero-order chi connectivity index (χ0) is 18.0. The van der Waals surface area contributed by atoms with Gasteiger partial charge in [-0.3, -0.25) is 9.69 Å². The Morgan fingerprint density at radius 2 is 1.92 bits per heavy atom. The fraction of sp³-hybridized carbons (Fsp3) is 0.250. The average Bonchev–Trinajstić information content (AvgIpc) is 3.08.